The van der Waals surface area contributed by atoms with Crippen LogP contribution in [-0.2, 0) is 5.54 Å². The topological polar surface area (TPSA) is 46.2 Å². The van der Waals surface area contributed by atoms with E-state index in [1.165, 1.54) is 12.1 Å². The van der Waals surface area contributed by atoms with Crippen molar-refractivity contribution in [2.75, 3.05) is 0 Å². The summed E-state index contributed by atoms with van der Waals surface area (Å²) in [5, 5.41) is 9.59. The van der Waals surface area contributed by atoms with E-state index in [-0.39, 0.29) is 31.4 Å². The fraction of sp³-hybridized carbons (Fsp3) is 0.500. The van der Waals surface area contributed by atoms with E-state index in [0.717, 1.165) is 0 Å². The van der Waals surface area contributed by atoms with Crippen LogP contribution < -0.4 is 5.73 Å². The Balaban J connectivity index is 2.27. The molecule has 1 aliphatic rings. The maximum absolute atomic E-state index is 13.1. The lowest BCUT2D eigenvalue weighted by molar-refractivity contribution is -0.0514. The Morgan fingerprint density at radius 3 is 2.29 bits per heavy atom. The predicted molar refractivity (Wildman–Crippen MR) is 62.4 cm³/mol. The van der Waals surface area contributed by atoms with E-state index in [1.807, 2.05) is 0 Å². The van der Waals surface area contributed by atoms with Gasteiger partial charge in [-0.05, 0) is 30.5 Å². The molecule has 1 aromatic carbocycles. The SMILES string of the molecule is NC1(c2ccc(O)cc2Cl)CCC(F)(F)CC1. The van der Waals surface area contributed by atoms with Gasteiger partial charge in [0.05, 0.1) is 0 Å². The van der Waals surface area contributed by atoms with Crippen LogP contribution in [0.15, 0.2) is 18.2 Å². The van der Waals surface area contributed by atoms with E-state index in [9.17, 15) is 13.9 Å². The number of nitrogens with two attached hydrogens (primary N) is 1. The molecule has 2 rings (SSSR count). The van der Waals surface area contributed by atoms with Gasteiger partial charge in [-0.3, -0.25) is 0 Å². The molecule has 5 heteroatoms. The van der Waals surface area contributed by atoms with Crippen LogP contribution >= 0.6 is 11.6 Å². The summed E-state index contributed by atoms with van der Waals surface area (Å²) in [7, 11) is 0. The second kappa shape index (κ2) is 4.10. The van der Waals surface area contributed by atoms with Crippen LogP contribution in [0, 0.1) is 0 Å². The third-order valence-corrected chi connectivity index (χ3v) is 3.68. The van der Waals surface area contributed by atoms with Gasteiger partial charge in [0.25, 0.3) is 0 Å². The lowest BCUT2D eigenvalue weighted by Gasteiger charge is -2.37. The Kier molecular flexibility index (Phi) is 3.04. The first-order valence-electron chi connectivity index (χ1n) is 5.48. The maximum Gasteiger partial charge on any atom is 0.248 e. The molecule has 0 amide bonds. The van der Waals surface area contributed by atoms with Crippen LogP contribution in [0.3, 0.4) is 0 Å². The van der Waals surface area contributed by atoms with Gasteiger partial charge < -0.3 is 10.8 Å². The van der Waals surface area contributed by atoms with Crippen molar-refractivity contribution >= 4 is 11.6 Å². The summed E-state index contributed by atoms with van der Waals surface area (Å²) < 4.78 is 26.2. The first kappa shape index (κ1) is 12.6. The van der Waals surface area contributed by atoms with E-state index in [1.54, 1.807) is 6.07 Å². The first-order chi connectivity index (χ1) is 7.82. The molecule has 0 aliphatic heterocycles. The Morgan fingerprint density at radius 1 is 1.18 bits per heavy atom. The summed E-state index contributed by atoms with van der Waals surface area (Å²) >= 11 is 6.00. The third-order valence-electron chi connectivity index (χ3n) is 3.36. The number of hydrogen-bond acceptors (Lipinski definition) is 2. The Bertz CT molecular complexity index is 427. The van der Waals surface area contributed by atoms with Gasteiger partial charge in [-0.2, -0.15) is 0 Å². The lowest BCUT2D eigenvalue weighted by atomic mass is 9.76. The van der Waals surface area contributed by atoms with Crippen molar-refractivity contribution in [3.63, 3.8) is 0 Å². The van der Waals surface area contributed by atoms with E-state index in [2.05, 4.69) is 0 Å². The van der Waals surface area contributed by atoms with Gasteiger partial charge in [0.15, 0.2) is 0 Å². The summed E-state index contributed by atoms with van der Waals surface area (Å²) in [6, 6.07) is 4.47. The standard InChI is InChI=1S/C12H14ClF2NO/c13-10-7-8(17)1-2-9(10)11(16)3-5-12(14,15)6-4-11/h1-2,7,17H,3-6,16H2. The Morgan fingerprint density at radius 2 is 1.76 bits per heavy atom. The fourth-order valence-corrected chi connectivity index (χ4v) is 2.60. The zero-order chi connectivity index (χ0) is 12.7. The summed E-state index contributed by atoms with van der Waals surface area (Å²) in [5.74, 6) is -2.57. The molecule has 0 aromatic heterocycles. The van der Waals surface area contributed by atoms with Crippen LogP contribution in [0.2, 0.25) is 5.02 Å². The monoisotopic (exact) mass is 261 g/mol. The number of phenolic OH excluding ortho intramolecular Hbond substituents is 1. The molecule has 0 bridgehead atoms. The van der Waals surface area contributed by atoms with Gasteiger partial charge >= 0.3 is 0 Å². The average molecular weight is 262 g/mol. The first-order valence-corrected chi connectivity index (χ1v) is 5.86. The average Bonchev–Trinajstić information content (AvgIpc) is 2.23. The molecular formula is C12H14ClF2NO. The molecular weight excluding hydrogens is 248 g/mol. The van der Waals surface area contributed by atoms with Gasteiger partial charge in [-0.15, -0.1) is 0 Å². The molecule has 3 N–H and O–H groups in total. The molecule has 94 valence electrons. The number of hydrogen-bond donors (Lipinski definition) is 2. The van der Waals surface area contributed by atoms with Crippen LogP contribution in [0.4, 0.5) is 8.78 Å². The lowest BCUT2D eigenvalue weighted by Crippen LogP contribution is -2.43. The van der Waals surface area contributed by atoms with Gasteiger partial charge in [0.1, 0.15) is 5.75 Å². The van der Waals surface area contributed by atoms with Gasteiger partial charge in [-0.25, -0.2) is 8.78 Å². The summed E-state index contributed by atoms with van der Waals surface area (Å²) in [5.41, 5.74) is 5.97. The van der Waals surface area contributed by atoms with Gasteiger partial charge in [0.2, 0.25) is 5.92 Å². The minimum atomic E-state index is -2.62. The molecule has 0 spiro atoms. The molecule has 0 heterocycles. The number of rotatable bonds is 1. The summed E-state index contributed by atoms with van der Waals surface area (Å²) in [6.45, 7) is 0. The predicted octanol–water partition coefficient (Wildman–Crippen LogP) is 3.41. The van der Waals surface area contributed by atoms with Crippen molar-refractivity contribution in [3.8, 4) is 5.75 Å². The summed E-state index contributed by atoms with van der Waals surface area (Å²) in [4.78, 5) is 0. The van der Waals surface area contributed by atoms with Gasteiger partial charge in [0, 0.05) is 23.4 Å². The molecule has 1 fully saturated rings. The molecule has 1 aliphatic carbocycles. The van der Waals surface area contributed by atoms with Crippen molar-refractivity contribution in [3.05, 3.63) is 28.8 Å². The van der Waals surface area contributed by atoms with Crippen molar-refractivity contribution < 1.29 is 13.9 Å². The minimum Gasteiger partial charge on any atom is -0.508 e. The van der Waals surface area contributed by atoms with Crippen molar-refractivity contribution in [2.24, 2.45) is 5.73 Å². The van der Waals surface area contributed by atoms with Crippen molar-refractivity contribution in [1.82, 2.24) is 0 Å². The number of phenols is 1. The van der Waals surface area contributed by atoms with E-state index >= 15 is 0 Å². The quantitative estimate of drug-likeness (QED) is 0.814. The van der Waals surface area contributed by atoms with Crippen LogP contribution in [0.25, 0.3) is 0 Å². The highest BCUT2D eigenvalue weighted by atomic mass is 35.5. The van der Waals surface area contributed by atoms with E-state index in [4.69, 9.17) is 17.3 Å². The van der Waals surface area contributed by atoms with Crippen molar-refractivity contribution in [1.29, 1.82) is 0 Å². The molecule has 0 atom stereocenters. The smallest absolute Gasteiger partial charge is 0.248 e. The second-order valence-electron chi connectivity index (χ2n) is 4.68. The largest absolute Gasteiger partial charge is 0.508 e. The minimum absolute atomic E-state index is 0.0449. The highest BCUT2D eigenvalue weighted by Crippen LogP contribution is 2.44. The summed E-state index contributed by atoms with van der Waals surface area (Å²) in [6.07, 6.45) is -0.0452. The number of halogens is 3. The molecule has 1 saturated carbocycles. The Labute approximate surface area is 103 Å². The molecule has 1 aromatic rings. The van der Waals surface area contributed by atoms with Crippen LogP contribution in [-0.4, -0.2) is 11.0 Å². The molecule has 17 heavy (non-hydrogen) atoms. The number of aromatic hydroxyl groups is 1. The maximum atomic E-state index is 13.1. The number of alkyl halides is 2. The normalized spacial score (nSPS) is 22.4. The molecule has 0 unspecified atom stereocenters. The van der Waals surface area contributed by atoms with E-state index in [0.29, 0.717) is 10.6 Å². The zero-order valence-corrected chi connectivity index (χ0v) is 9.97. The highest BCUT2D eigenvalue weighted by Gasteiger charge is 2.42. The third kappa shape index (κ3) is 2.53. The second-order valence-corrected chi connectivity index (χ2v) is 5.08. The highest BCUT2D eigenvalue weighted by molar-refractivity contribution is 6.31. The van der Waals surface area contributed by atoms with Crippen LogP contribution in [0.5, 0.6) is 5.75 Å². The van der Waals surface area contributed by atoms with Crippen molar-refractivity contribution in [2.45, 2.75) is 37.1 Å². The van der Waals surface area contributed by atoms with E-state index < -0.39 is 11.5 Å². The number of benzene rings is 1. The molecule has 0 radical (unpaired) electrons. The molecule has 2 nitrogen and oxygen atoms in total. The van der Waals surface area contributed by atoms with Crippen LogP contribution in [0.1, 0.15) is 31.2 Å². The molecule has 0 saturated heterocycles. The van der Waals surface area contributed by atoms with Gasteiger partial charge in [-0.1, -0.05) is 17.7 Å². The Hall–Kier alpha value is -0.870. The fourth-order valence-electron chi connectivity index (χ4n) is 2.24. The zero-order valence-electron chi connectivity index (χ0n) is 9.22.